The van der Waals surface area contributed by atoms with Gasteiger partial charge in [-0.3, -0.25) is 0 Å². The van der Waals surface area contributed by atoms with E-state index in [0.29, 0.717) is 11.2 Å². The van der Waals surface area contributed by atoms with Crippen LogP contribution >= 0.6 is 0 Å². The fraction of sp³-hybridized carbons (Fsp3) is 0.571. The van der Waals surface area contributed by atoms with Crippen LogP contribution in [0.4, 0.5) is 5.82 Å². The molecule has 96 valence electrons. The average molecular weight is 246 g/mol. The molecule has 0 amide bonds. The van der Waals surface area contributed by atoms with Crippen molar-refractivity contribution in [3.63, 3.8) is 0 Å². The van der Waals surface area contributed by atoms with Crippen molar-refractivity contribution in [2.24, 2.45) is 11.3 Å². The molecule has 0 atom stereocenters. The Labute approximate surface area is 106 Å². The summed E-state index contributed by atoms with van der Waals surface area (Å²) >= 11 is 0. The third-order valence-electron chi connectivity index (χ3n) is 4.21. The first-order valence-corrected chi connectivity index (χ1v) is 6.56. The molecule has 0 bridgehead atoms. The van der Waals surface area contributed by atoms with Crippen molar-refractivity contribution >= 4 is 11.8 Å². The minimum atomic E-state index is -0.915. The summed E-state index contributed by atoms with van der Waals surface area (Å²) in [5, 5.41) is 12.4. The molecule has 0 saturated heterocycles. The summed E-state index contributed by atoms with van der Waals surface area (Å²) in [6, 6.07) is 3.37. The molecule has 4 heteroatoms. The van der Waals surface area contributed by atoms with E-state index in [4.69, 9.17) is 5.11 Å². The second kappa shape index (κ2) is 3.97. The van der Waals surface area contributed by atoms with Crippen LogP contribution in [0.5, 0.6) is 0 Å². The van der Waals surface area contributed by atoms with E-state index in [9.17, 15) is 4.79 Å². The molecule has 2 aliphatic carbocycles. The molecule has 1 aromatic rings. The van der Waals surface area contributed by atoms with Crippen LogP contribution in [0, 0.1) is 18.3 Å². The third-order valence-corrected chi connectivity index (χ3v) is 4.21. The lowest BCUT2D eigenvalue weighted by atomic mass is 10.0. The van der Waals surface area contributed by atoms with Crippen molar-refractivity contribution in [1.82, 2.24) is 4.98 Å². The lowest BCUT2D eigenvalue weighted by Gasteiger charge is -2.16. The van der Waals surface area contributed by atoms with Crippen molar-refractivity contribution in [3.05, 3.63) is 23.4 Å². The summed E-state index contributed by atoms with van der Waals surface area (Å²) in [5.74, 6) is 0.471. The molecule has 1 aromatic heterocycles. The Kier molecular flexibility index (Phi) is 2.54. The Bertz CT molecular complexity index is 491. The van der Waals surface area contributed by atoms with Crippen molar-refractivity contribution in [3.8, 4) is 0 Å². The van der Waals surface area contributed by atoms with Crippen LogP contribution in [0.1, 0.15) is 41.7 Å². The quantitative estimate of drug-likeness (QED) is 0.838. The number of hydrogen-bond acceptors (Lipinski definition) is 3. The summed E-state index contributed by atoms with van der Waals surface area (Å²) in [6.07, 6.45) is 5.24. The van der Waals surface area contributed by atoms with Gasteiger partial charge in [-0.2, -0.15) is 0 Å². The monoisotopic (exact) mass is 246 g/mol. The number of pyridine rings is 1. The Hall–Kier alpha value is -1.58. The molecule has 0 aromatic carbocycles. The molecule has 0 aliphatic heterocycles. The van der Waals surface area contributed by atoms with E-state index in [2.05, 4.69) is 10.3 Å². The van der Waals surface area contributed by atoms with E-state index < -0.39 is 5.97 Å². The smallest absolute Gasteiger partial charge is 0.339 e. The molecular weight excluding hydrogens is 228 g/mol. The number of anilines is 1. The van der Waals surface area contributed by atoms with Gasteiger partial charge >= 0.3 is 5.97 Å². The standard InChI is InChI=1S/C14H18N2O2/c1-9-2-5-11(13(17)18)12(16-9)15-8-14(6-7-14)10-3-4-10/h2,5,10H,3-4,6-8H2,1H3,(H,15,16)(H,17,18). The van der Waals surface area contributed by atoms with Crippen LogP contribution in [-0.2, 0) is 0 Å². The number of carboxylic acid groups (broad SMARTS) is 1. The molecule has 1 heterocycles. The molecule has 0 unspecified atom stereocenters. The van der Waals surface area contributed by atoms with E-state index >= 15 is 0 Å². The Balaban J connectivity index is 1.75. The molecule has 2 saturated carbocycles. The summed E-state index contributed by atoms with van der Waals surface area (Å²) < 4.78 is 0. The molecule has 3 rings (SSSR count). The SMILES string of the molecule is Cc1ccc(C(=O)O)c(NCC2(C3CC3)CC2)n1. The second-order valence-electron chi connectivity index (χ2n) is 5.64. The van der Waals surface area contributed by atoms with E-state index in [0.717, 1.165) is 18.2 Å². The van der Waals surface area contributed by atoms with E-state index in [-0.39, 0.29) is 5.56 Å². The van der Waals surface area contributed by atoms with Gasteiger partial charge in [0.05, 0.1) is 0 Å². The van der Waals surface area contributed by atoms with Gasteiger partial charge in [0.15, 0.2) is 0 Å². The lowest BCUT2D eigenvalue weighted by Crippen LogP contribution is -2.19. The average Bonchev–Trinajstić information content (AvgIpc) is 3.18. The Morgan fingerprint density at radius 2 is 2.22 bits per heavy atom. The molecule has 0 spiro atoms. The van der Waals surface area contributed by atoms with Gasteiger partial charge in [0, 0.05) is 12.2 Å². The highest BCUT2D eigenvalue weighted by Crippen LogP contribution is 2.61. The van der Waals surface area contributed by atoms with E-state index in [1.807, 2.05) is 6.92 Å². The first kappa shape index (κ1) is 11.5. The van der Waals surface area contributed by atoms with Gasteiger partial charge in [-0.1, -0.05) is 0 Å². The molecule has 18 heavy (non-hydrogen) atoms. The lowest BCUT2D eigenvalue weighted by molar-refractivity contribution is 0.0697. The zero-order valence-corrected chi connectivity index (χ0v) is 10.6. The van der Waals surface area contributed by atoms with E-state index in [1.54, 1.807) is 12.1 Å². The topological polar surface area (TPSA) is 62.2 Å². The maximum Gasteiger partial charge on any atom is 0.339 e. The number of nitrogens with zero attached hydrogens (tertiary/aromatic N) is 1. The number of aromatic carboxylic acids is 1. The van der Waals surface area contributed by atoms with Crippen molar-refractivity contribution in [1.29, 1.82) is 0 Å². The van der Waals surface area contributed by atoms with Crippen LogP contribution in [-0.4, -0.2) is 22.6 Å². The number of aromatic nitrogens is 1. The molecule has 2 aliphatic rings. The van der Waals surface area contributed by atoms with Gasteiger partial charge in [-0.25, -0.2) is 9.78 Å². The van der Waals surface area contributed by atoms with Crippen LogP contribution in [0.2, 0.25) is 0 Å². The van der Waals surface area contributed by atoms with Crippen molar-refractivity contribution in [2.75, 3.05) is 11.9 Å². The second-order valence-corrected chi connectivity index (χ2v) is 5.64. The highest BCUT2D eigenvalue weighted by molar-refractivity contribution is 5.93. The number of nitrogens with one attached hydrogen (secondary N) is 1. The predicted molar refractivity (Wildman–Crippen MR) is 68.8 cm³/mol. The fourth-order valence-corrected chi connectivity index (χ4v) is 2.71. The van der Waals surface area contributed by atoms with Gasteiger partial charge in [-0.05, 0) is 56.1 Å². The number of rotatable bonds is 5. The highest BCUT2D eigenvalue weighted by Gasteiger charge is 2.53. The van der Waals surface area contributed by atoms with Gasteiger partial charge < -0.3 is 10.4 Å². The Morgan fingerprint density at radius 3 is 2.78 bits per heavy atom. The minimum absolute atomic E-state index is 0.271. The summed E-state index contributed by atoms with van der Waals surface area (Å²) in [7, 11) is 0. The Morgan fingerprint density at radius 1 is 1.50 bits per heavy atom. The normalized spacial score (nSPS) is 20.5. The number of carboxylic acids is 1. The summed E-state index contributed by atoms with van der Waals surface area (Å²) in [5.41, 5.74) is 1.56. The molecular formula is C14H18N2O2. The zero-order chi connectivity index (χ0) is 12.8. The maximum atomic E-state index is 11.1. The first-order chi connectivity index (χ1) is 8.61. The van der Waals surface area contributed by atoms with Gasteiger partial charge in [-0.15, -0.1) is 0 Å². The van der Waals surface area contributed by atoms with Crippen molar-refractivity contribution in [2.45, 2.75) is 32.6 Å². The fourth-order valence-electron chi connectivity index (χ4n) is 2.71. The maximum absolute atomic E-state index is 11.1. The molecule has 4 nitrogen and oxygen atoms in total. The van der Waals surface area contributed by atoms with Crippen molar-refractivity contribution < 1.29 is 9.90 Å². The number of carbonyl (C=O) groups is 1. The molecule has 2 N–H and O–H groups in total. The summed E-state index contributed by atoms with van der Waals surface area (Å²) in [6.45, 7) is 2.75. The molecule has 2 fully saturated rings. The summed E-state index contributed by atoms with van der Waals surface area (Å²) in [4.78, 5) is 15.5. The highest BCUT2D eigenvalue weighted by atomic mass is 16.4. The van der Waals surface area contributed by atoms with Gasteiger partial charge in [0.25, 0.3) is 0 Å². The van der Waals surface area contributed by atoms with Crippen LogP contribution < -0.4 is 5.32 Å². The minimum Gasteiger partial charge on any atom is -0.478 e. The van der Waals surface area contributed by atoms with Crippen LogP contribution in [0.3, 0.4) is 0 Å². The first-order valence-electron chi connectivity index (χ1n) is 6.56. The largest absolute Gasteiger partial charge is 0.478 e. The van der Waals surface area contributed by atoms with Crippen LogP contribution in [0.15, 0.2) is 12.1 Å². The zero-order valence-electron chi connectivity index (χ0n) is 10.6. The predicted octanol–water partition coefficient (Wildman–Crippen LogP) is 2.69. The molecule has 0 radical (unpaired) electrons. The third kappa shape index (κ3) is 2.07. The van der Waals surface area contributed by atoms with Gasteiger partial charge in [0.2, 0.25) is 0 Å². The number of aryl methyl sites for hydroxylation is 1. The van der Waals surface area contributed by atoms with Crippen LogP contribution in [0.25, 0.3) is 0 Å². The van der Waals surface area contributed by atoms with Gasteiger partial charge in [0.1, 0.15) is 11.4 Å². The van der Waals surface area contributed by atoms with E-state index in [1.165, 1.54) is 25.7 Å². The number of hydrogen-bond donors (Lipinski definition) is 2.